The molecular formula is C17H18FN3O3. The number of hydrogen-bond acceptors (Lipinski definition) is 4. The minimum absolute atomic E-state index is 0.00417. The molecule has 0 fully saturated rings. The third-order valence-electron chi connectivity index (χ3n) is 3.12. The second-order valence-electron chi connectivity index (χ2n) is 4.89. The van der Waals surface area contributed by atoms with Crippen LogP contribution in [0.15, 0.2) is 48.5 Å². The normalized spacial score (nSPS) is 9.92. The zero-order valence-corrected chi connectivity index (χ0v) is 13.1. The van der Waals surface area contributed by atoms with Crippen molar-refractivity contribution in [2.24, 2.45) is 0 Å². The summed E-state index contributed by atoms with van der Waals surface area (Å²) in [5.74, 6) is -0.495. The van der Waals surface area contributed by atoms with E-state index in [1.807, 2.05) is 12.1 Å². The topological polar surface area (TPSA) is 79.5 Å². The highest BCUT2D eigenvalue weighted by Gasteiger charge is 2.07. The molecule has 2 aromatic rings. The Morgan fingerprint density at radius 1 is 1.00 bits per heavy atom. The van der Waals surface area contributed by atoms with Gasteiger partial charge in [0.05, 0.1) is 25.9 Å². The molecule has 0 unspecified atom stereocenters. The third kappa shape index (κ3) is 5.28. The van der Waals surface area contributed by atoms with Crippen molar-refractivity contribution in [3.05, 3.63) is 54.3 Å². The molecule has 0 radical (unpaired) electrons. The molecule has 2 amide bonds. The fourth-order valence-electron chi connectivity index (χ4n) is 1.95. The average molecular weight is 331 g/mol. The second-order valence-corrected chi connectivity index (χ2v) is 4.89. The molecule has 6 nitrogen and oxygen atoms in total. The molecule has 0 aromatic heterocycles. The largest absolute Gasteiger partial charge is 0.495 e. The van der Waals surface area contributed by atoms with Crippen LogP contribution in [0.5, 0.6) is 5.75 Å². The van der Waals surface area contributed by atoms with E-state index < -0.39 is 5.91 Å². The van der Waals surface area contributed by atoms with Crippen molar-refractivity contribution < 1.29 is 18.7 Å². The minimum Gasteiger partial charge on any atom is -0.495 e. The molecule has 2 rings (SSSR count). The monoisotopic (exact) mass is 331 g/mol. The van der Waals surface area contributed by atoms with Crippen LogP contribution in [0.1, 0.15) is 0 Å². The lowest BCUT2D eigenvalue weighted by molar-refractivity contribution is -0.122. The van der Waals surface area contributed by atoms with Crippen LogP contribution in [0.3, 0.4) is 0 Å². The Kier molecular flexibility index (Phi) is 6.13. The molecule has 0 aliphatic heterocycles. The Morgan fingerprint density at radius 3 is 2.42 bits per heavy atom. The van der Waals surface area contributed by atoms with E-state index in [9.17, 15) is 14.0 Å². The van der Waals surface area contributed by atoms with Crippen LogP contribution in [-0.2, 0) is 9.59 Å². The lowest BCUT2D eigenvalue weighted by Crippen LogP contribution is -2.36. The zero-order valence-electron chi connectivity index (χ0n) is 13.1. The number of halogens is 1. The van der Waals surface area contributed by atoms with Crippen molar-refractivity contribution in [3.63, 3.8) is 0 Å². The number of carbonyl (C=O) groups excluding carboxylic acids is 2. The van der Waals surface area contributed by atoms with E-state index in [0.717, 1.165) is 0 Å². The summed E-state index contributed by atoms with van der Waals surface area (Å²) in [6.07, 6.45) is 0. The van der Waals surface area contributed by atoms with Crippen molar-refractivity contribution in [3.8, 4) is 5.75 Å². The second kappa shape index (κ2) is 8.52. The molecule has 2 aromatic carbocycles. The van der Waals surface area contributed by atoms with Crippen molar-refractivity contribution >= 4 is 23.2 Å². The Morgan fingerprint density at radius 2 is 1.71 bits per heavy atom. The molecule has 0 bridgehead atoms. The molecule has 0 saturated carbocycles. The summed E-state index contributed by atoms with van der Waals surface area (Å²) in [5, 5.41) is 7.98. The lowest BCUT2D eigenvalue weighted by atomic mass is 10.3. The maximum absolute atomic E-state index is 12.8. The summed E-state index contributed by atoms with van der Waals surface area (Å²) in [5.41, 5.74) is 1.15. The van der Waals surface area contributed by atoms with Gasteiger partial charge in [0.25, 0.3) is 0 Å². The highest BCUT2D eigenvalue weighted by atomic mass is 19.1. The lowest BCUT2D eigenvalue weighted by Gasteiger charge is -2.11. The van der Waals surface area contributed by atoms with Gasteiger partial charge in [-0.3, -0.25) is 9.59 Å². The van der Waals surface area contributed by atoms with Crippen LogP contribution in [0, 0.1) is 5.82 Å². The minimum atomic E-state index is -0.396. The zero-order chi connectivity index (χ0) is 17.4. The van der Waals surface area contributed by atoms with Crippen LogP contribution in [0.25, 0.3) is 0 Å². The van der Waals surface area contributed by atoms with Gasteiger partial charge in [-0.05, 0) is 36.4 Å². The third-order valence-corrected chi connectivity index (χ3v) is 3.12. The molecule has 0 heterocycles. The van der Waals surface area contributed by atoms with Gasteiger partial charge in [-0.1, -0.05) is 12.1 Å². The Hall–Kier alpha value is -3.09. The number of carbonyl (C=O) groups is 2. The quantitative estimate of drug-likeness (QED) is 0.725. The first kappa shape index (κ1) is 17.3. The van der Waals surface area contributed by atoms with E-state index in [4.69, 9.17) is 4.74 Å². The summed E-state index contributed by atoms with van der Waals surface area (Å²) >= 11 is 0. The number of methoxy groups -OCH3 is 1. The van der Waals surface area contributed by atoms with Crippen LogP contribution < -0.4 is 20.7 Å². The van der Waals surface area contributed by atoms with Gasteiger partial charge < -0.3 is 20.7 Å². The molecular weight excluding hydrogens is 313 g/mol. The van der Waals surface area contributed by atoms with Gasteiger partial charge in [0.1, 0.15) is 11.6 Å². The highest BCUT2D eigenvalue weighted by Crippen LogP contribution is 2.22. The van der Waals surface area contributed by atoms with Gasteiger partial charge in [0.2, 0.25) is 11.8 Å². The van der Waals surface area contributed by atoms with Gasteiger partial charge in [-0.25, -0.2) is 4.39 Å². The molecule has 24 heavy (non-hydrogen) atoms. The van der Waals surface area contributed by atoms with E-state index in [1.54, 1.807) is 19.2 Å². The van der Waals surface area contributed by atoms with Crippen molar-refractivity contribution in [1.82, 2.24) is 5.32 Å². The number of nitrogens with one attached hydrogen (secondary N) is 3. The van der Waals surface area contributed by atoms with E-state index in [2.05, 4.69) is 16.0 Å². The summed E-state index contributed by atoms with van der Waals surface area (Å²) in [4.78, 5) is 23.5. The van der Waals surface area contributed by atoms with E-state index in [0.29, 0.717) is 17.1 Å². The smallest absolute Gasteiger partial charge is 0.243 e. The first-order valence-corrected chi connectivity index (χ1v) is 7.27. The van der Waals surface area contributed by atoms with Crippen molar-refractivity contribution in [2.45, 2.75) is 0 Å². The summed E-state index contributed by atoms with van der Waals surface area (Å²) < 4.78 is 17.9. The van der Waals surface area contributed by atoms with Crippen LogP contribution in [-0.4, -0.2) is 32.0 Å². The van der Waals surface area contributed by atoms with Crippen LogP contribution >= 0.6 is 0 Å². The van der Waals surface area contributed by atoms with Gasteiger partial charge >= 0.3 is 0 Å². The molecule has 0 atom stereocenters. The van der Waals surface area contributed by atoms with Gasteiger partial charge in [-0.15, -0.1) is 0 Å². The number of anilines is 2. The molecule has 0 aliphatic carbocycles. The summed E-state index contributed by atoms with van der Waals surface area (Å²) in [6, 6.07) is 12.6. The SMILES string of the molecule is COc1ccccc1NCC(=O)NCC(=O)Nc1ccc(F)cc1. The Bertz CT molecular complexity index is 704. The maximum Gasteiger partial charge on any atom is 0.243 e. The van der Waals surface area contributed by atoms with Crippen LogP contribution in [0.4, 0.5) is 15.8 Å². The summed E-state index contributed by atoms with van der Waals surface area (Å²) in [6.45, 7) is -0.173. The van der Waals surface area contributed by atoms with E-state index >= 15 is 0 Å². The molecule has 7 heteroatoms. The van der Waals surface area contributed by atoms with Crippen molar-refractivity contribution in [2.75, 3.05) is 30.8 Å². The molecule has 126 valence electrons. The number of hydrogen-bond donors (Lipinski definition) is 3. The first-order valence-electron chi connectivity index (χ1n) is 7.27. The highest BCUT2D eigenvalue weighted by molar-refractivity contribution is 5.95. The van der Waals surface area contributed by atoms with Crippen molar-refractivity contribution in [1.29, 1.82) is 0 Å². The average Bonchev–Trinajstić information content (AvgIpc) is 2.60. The molecule has 0 aliphatic rings. The predicted molar refractivity (Wildman–Crippen MR) is 89.5 cm³/mol. The number of amides is 2. The number of rotatable bonds is 7. The Labute approximate surface area is 139 Å². The number of para-hydroxylation sites is 2. The fraction of sp³-hybridized carbons (Fsp3) is 0.176. The summed E-state index contributed by atoms with van der Waals surface area (Å²) in [7, 11) is 1.54. The van der Waals surface area contributed by atoms with E-state index in [-0.39, 0.29) is 24.8 Å². The molecule has 3 N–H and O–H groups in total. The van der Waals surface area contributed by atoms with Gasteiger partial charge in [0.15, 0.2) is 0 Å². The standard InChI is InChI=1S/C17H18FN3O3/c1-24-15-5-3-2-4-14(15)19-10-16(22)20-11-17(23)21-13-8-6-12(18)7-9-13/h2-9,19H,10-11H2,1H3,(H,20,22)(H,21,23). The van der Waals surface area contributed by atoms with Gasteiger partial charge in [-0.2, -0.15) is 0 Å². The van der Waals surface area contributed by atoms with E-state index in [1.165, 1.54) is 24.3 Å². The number of ether oxygens (including phenoxy) is 1. The molecule has 0 saturated heterocycles. The first-order chi connectivity index (χ1) is 11.6. The molecule has 0 spiro atoms. The van der Waals surface area contributed by atoms with Crippen LogP contribution in [0.2, 0.25) is 0 Å². The number of benzene rings is 2. The predicted octanol–water partition coefficient (Wildman–Crippen LogP) is 2.00. The maximum atomic E-state index is 12.8. The Balaban J connectivity index is 1.74. The van der Waals surface area contributed by atoms with Gasteiger partial charge in [0, 0.05) is 5.69 Å². The fourth-order valence-corrected chi connectivity index (χ4v) is 1.95.